The van der Waals surface area contributed by atoms with Gasteiger partial charge in [-0.05, 0) is 60.4 Å². The Labute approximate surface area is 253 Å². The van der Waals surface area contributed by atoms with E-state index in [0.717, 1.165) is 17.7 Å². The number of aliphatic carboxylic acids is 1. The number of aryl methyl sites for hydroxylation is 1. The van der Waals surface area contributed by atoms with Crippen molar-refractivity contribution in [1.82, 2.24) is 10.5 Å². The van der Waals surface area contributed by atoms with Crippen LogP contribution in [0.1, 0.15) is 45.4 Å². The summed E-state index contributed by atoms with van der Waals surface area (Å²) in [4.78, 5) is 51.8. The maximum absolute atomic E-state index is 13.0. The number of amides is 4. The molecule has 0 bridgehead atoms. The number of nitrogens with zero attached hydrogens (tertiary/aromatic N) is 2. The fourth-order valence-electron chi connectivity index (χ4n) is 5.04. The Morgan fingerprint density at radius 2 is 1.84 bits per heavy atom. The van der Waals surface area contributed by atoms with Crippen LogP contribution in [0.4, 0.5) is 21.9 Å². The van der Waals surface area contributed by atoms with Crippen LogP contribution in [0.5, 0.6) is 5.75 Å². The molecule has 1 aromatic heterocycles. The van der Waals surface area contributed by atoms with Crippen LogP contribution in [0, 0.1) is 6.92 Å². The molecule has 5 rings (SSSR count). The minimum Gasteiger partial charge on any atom is -0.495 e. The molecule has 4 amide bonds. The summed E-state index contributed by atoms with van der Waals surface area (Å²) in [5.41, 5.74) is 4.07. The van der Waals surface area contributed by atoms with Crippen molar-refractivity contribution in [3.05, 3.63) is 101 Å². The molecule has 12 nitrogen and oxygen atoms in total. The maximum Gasteiger partial charge on any atom is 0.326 e. The van der Waals surface area contributed by atoms with E-state index >= 15 is 0 Å². The Kier molecular flexibility index (Phi) is 8.89. The summed E-state index contributed by atoms with van der Waals surface area (Å²) in [6.07, 6.45) is 0.414. The Morgan fingerprint density at radius 1 is 1.02 bits per heavy atom. The molecule has 4 aromatic rings. The predicted molar refractivity (Wildman–Crippen MR) is 162 cm³/mol. The normalized spacial score (nSPS) is 12.6. The van der Waals surface area contributed by atoms with Gasteiger partial charge in [-0.1, -0.05) is 41.6 Å². The maximum atomic E-state index is 13.0. The van der Waals surface area contributed by atoms with Crippen LogP contribution in [-0.2, 0) is 22.4 Å². The van der Waals surface area contributed by atoms with Crippen molar-refractivity contribution < 1.29 is 33.5 Å². The van der Waals surface area contributed by atoms with Crippen molar-refractivity contribution in [3.8, 4) is 5.75 Å². The highest BCUT2D eigenvalue weighted by molar-refractivity contribution is 6.04. The number of carbonyl (C=O) groups is 4. The van der Waals surface area contributed by atoms with Crippen molar-refractivity contribution in [2.75, 3.05) is 29.2 Å². The lowest BCUT2D eigenvalue weighted by Crippen LogP contribution is -2.33. The van der Waals surface area contributed by atoms with Gasteiger partial charge in [-0.25, -0.2) is 4.79 Å². The molecule has 1 aliphatic heterocycles. The molecule has 12 heteroatoms. The van der Waals surface area contributed by atoms with E-state index in [4.69, 9.17) is 9.26 Å². The van der Waals surface area contributed by atoms with Crippen LogP contribution in [0.2, 0.25) is 0 Å². The van der Waals surface area contributed by atoms with E-state index in [0.29, 0.717) is 40.6 Å². The molecule has 1 aliphatic rings. The highest BCUT2D eigenvalue weighted by atomic mass is 16.5. The molecule has 2 heterocycles. The standard InChI is InChI=1S/C32H31N5O7/c1-19-14-26(36-44-19)31(41)34-25(18-30(39)40)22-7-5-8-23(17-22)33-29(38)16-20-10-11-24(28(15-20)43-2)35-32(42)37-13-12-21-6-3-4-9-27(21)37/h3-11,14-15,17,25H,12-13,16,18H2,1-2H3,(H,33,38)(H,34,41)(H,35,42)(H,39,40). The average Bonchev–Trinajstić information content (AvgIpc) is 3.64. The average molecular weight is 598 g/mol. The number of aromatic nitrogens is 1. The van der Waals surface area contributed by atoms with E-state index in [1.54, 1.807) is 54.3 Å². The first-order valence-corrected chi connectivity index (χ1v) is 13.9. The summed E-state index contributed by atoms with van der Waals surface area (Å²) in [5, 5.41) is 21.5. The molecule has 3 aromatic carbocycles. The molecule has 0 radical (unpaired) electrons. The number of carbonyl (C=O) groups excluding carboxylic acids is 3. The van der Waals surface area contributed by atoms with Crippen LogP contribution in [0.25, 0.3) is 0 Å². The Balaban J connectivity index is 1.23. The summed E-state index contributed by atoms with van der Waals surface area (Å²) in [6.45, 7) is 2.22. The fraction of sp³-hybridized carbons (Fsp3) is 0.219. The predicted octanol–water partition coefficient (Wildman–Crippen LogP) is 4.71. The van der Waals surface area contributed by atoms with Gasteiger partial charge in [0.15, 0.2) is 5.69 Å². The number of hydrogen-bond acceptors (Lipinski definition) is 7. The number of anilines is 3. The number of nitrogens with one attached hydrogen (secondary N) is 3. The number of carboxylic acid groups (broad SMARTS) is 1. The van der Waals surface area contributed by atoms with Gasteiger partial charge in [0.25, 0.3) is 5.91 Å². The smallest absolute Gasteiger partial charge is 0.326 e. The van der Waals surface area contributed by atoms with Crippen molar-refractivity contribution >= 4 is 40.9 Å². The van der Waals surface area contributed by atoms with Gasteiger partial charge in [-0.15, -0.1) is 0 Å². The second-order valence-electron chi connectivity index (χ2n) is 10.3. The molecular weight excluding hydrogens is 566 g/mol. The zero-order chi connectivity index (χ0) is 31.2. The Hall–Kier alpha value is -5.65. The van der Waals surface area contributed by atoms with Crippen molar-refractivity contribution in [2.24, 2.45) is 0 Å². The quantitative estimate of drug-likeness (QED) is 0.204. The topological polar surface area (TPSA) is 163 Å². The van der Waals surface area contributed by atoms with E-state index in [2.05, 4.69) is 21.1 Å². The van der Waals surface area contributed by atoms with Crippen LogP contribution in [0.3, 0.4) is 0 Å². The summed E-state index contributed by atoms with van der Waals surface area (Å²) in [7, 11) is 1.49. The number of carboxylic acids is 1. The highest BCUT2D eigenvalue weighted by Gasteiger charge is 2.25. The van der Waals surface area contributed by atoms with Gasteiger partial charge < -0.3 is 30.3 Å². The highest BCUT2D eigenvalue weighted by Crippen LogP contribution is 2.31. The first-order chi connectivity index (χ1) is 21.2. The van der Waals surface area contributed by atoms with Crippen molar-refractivity contribution in [1.29, 1.82) is 0 Å². The number of hydrogen-bond donors (Lipinski definition) is 4. The summed E-state index contributed by atoms with van der Waals surface area (Å²) in [5.74, 6) is -1.17. The number of ether oxygens (including phenoxy) is 1. The molecule has 226 valence electrons. The van der Waals surface area contributed by atoms with Gasteiger partial charge in [-0.3, -0.25) is 19.3 Å². The van der Waals surface area contributed by atoms with E-state index in [1.165, 1.54) is 13.2 Å². The minimum atomic E-state index is -1.11. The number of methoxy groups -OCH3 is 1. The van der Waals surface area contributed by atoms with Gasteiger partial charge in [-0.2, -0.15) is 0 Å². The number of urea groups is 1. The summed E-state index contributed by atoms with van der Waals surface area (Å²) < 4.78 is 10.4. The van der Waals surface area contributed by atoms with E-state index in [1.807, 2.05) is 24.3 Å². The number of benzene rings is 3. The molecule has 0 saturated heterocycles. The fourth-order valence-corrected chi connectivity index (χ4v) is 5.04. The monoisotopic (exact) mass is 597 g/mol. The zero-order valence-electron chi connectivity index (χ0n) is 24.1. The summed E-state index contributed by atoms with van der Waals surface area (Å²) in [6, 6.07) is 19.8. The number of rotatable bonds is 10. The molecule has 0 fully saturated rings. The van der Waals surface area contributed by atoms with Crippen LogP contribution in [0.15, 0.2) is 77.3 Å². The molecule has 44 heavy (non-hydrogen) atoms. The Morgan fingerprint density at radius 3 is 2.59 bits per heavy atom. The molecular formula is C32H31N5O7. The number of fused-ring (bicyclic) bond motifs is 1. The first kappa shape index (κ1) is 29.8. The number of para-hydroxylation sites is 1. The molecule has 0 spiro atoms. The van der Waals surface area contributed by atoms with Gasteiger partial charge in [0, 0.05) is 24.0 Å². The van der Waals surface area contributed by atoms with Crippen LogP contribution >= 0.6 is 0 Å². The minimum absolute atomic E-state index is 0.00904. The first-order valence-electron chi connectivity index (χ1n) is 13.9. The second-order valence-corrected chi connectivity index (χ2v) is 10.3. The van der Waals surface area contributed by atoms with Crippen LogP contribution in [-0.4, -0.2) is 47.7 Å². The zero-order valence-corrected chi connectivity index (χ0v) is 24.1. The third kappa shape index (κ3) is 7.04. The largest absolute Gasteiger partial charge is 0.495 e. The molecule has 1 unspecified atom stereocenters. The SMILES string of the molecule is COc1cc(CC(=O)Nc2cccc(C(CC(=O)O)NC(=O)c3cc(C)on3)c2)ccc1NC(=O)N1CCc2ccccc21. The van der Waals surface area contributed by atoms with E-state index < -0.39 is 17.9 Å². The molecule has 0 saturated carbocycles. The lowest BCUT2D eigenvalue weighted by molar-refractivity contribution is -0.137. The molecule has 0 aliphatic carbocycles. The molecule has 4 N–H and O–H groups in total. The Bertz CT molecular complexity index is 1720. The van der Waals surface area contributed by atoms with E-state index in [-0.39, 0.29) is 30.5 Å². The second kappa shape index (κ2) is 13.1. The van der Waals surface area contributed by atoms with Crippen molar-refractivity contribution in [2.45, 2.75) is 32.2 Å². The van der Waals surface area contributed by atoms with E-state index in [9.17, 15) is 24.3 Å². The van der Waals surface area contributed by atoms with Crippen LogP contribution < -0.4 is 25.6 Å². The van der Waals surface area contributed by atoms with Gasteiger partial charge in [0.05, 0.1) is 31.7 Å². The van der Waals surface area contributed by atoms with Gasteiger partial charge >= 0.3 is 12.0 Å². The van der Waals surface area contributed by atoms with Gasteiger partial charge in [0.2, 0.25) is 5.91 Å². The van der Waals surface area contributed by atoms with Crippen molar-refractivity contribution in [3.63, 3.8) is 0 Å². The lowest BCUT2D eigenvalue weighted by atomic mass is 10.0. The lowest BCUT2D eigenvalue weighted by Gasteiger charge is -2.19. The van der Waals surface area contributed by atoms with Gasteiger partial charge in [0.1, 0.15) is 11.5 Å². The third-order valence-electron chi connectivity index (χ3n) is 7.12. The summed E-state index contributed by atoms with van der Waals surface area (Å²) >= 11 is 0. The third-order valence-corrected chi connectivity index (χ3v) is 7.12. The molecule has 1 atom stereocenters.